The number of carbonyl (C=O) groups is 1. The number of halogens is 2. The summed E-state index contributed by atoms with van der Waals surface area (Å²) >= 11 is 6.44. The molecule has 174 valence electrons. The van der Waals surface area contributed by atoms with Gasteiger partial charge in [0.25, 0.3) is 0 Å². The van der Waals surface area contributed by atoms with Crippen LogP contribution in [0.3, 0.4) is 0 Å². The number of nitrogens with zero attached hydrogens (tertiary/aromatic N) is 1. The molecule has 0 saturated carbocycles. The van der Waals surface area contributed by atoms with Crippen LogP contribution in [0.2, 0.25) is 5.02 Å². The number of hydrogen-bond donors (Lipinski definition) is 1. The van der Waals surface area contributed by atoms with Crippen molar-refractivity contribution >= 4 is 17.5 Å². The number of hydrogen-bond acceptors (Lipinski definition) is 4. The predicted octanol–water partition coefficient (Wildman–Crippen LogP) is 5.05. The lowest BCUT2D eigenvalue weighted by Gasteiger charge is -2.28. The molecule has 1 heterocycles. The molecule has 32 heavy (non-hydrogen) atoms. The summed E-state index contributed by atoms with van der Waals surface area (Å²) in [6.07, 6.45) is 0.801. The fraction of sp³-hybridized carbons (Fsp3) is 0.480. The highest BCUT2D eigenvalue weighted by molar-refractivity contribution is 6.32. The van der Waals surface area contributed by atoms with Crippen LogP contribution in [0.5, 0.6) is 11.5 Å². The van der Waals surface area contributed by atoms with E-state index in [1.54, 1.807) is 18.2 Å². The molecule has 0 spiro atoms. The zero-order valence-electron chi connectivity index (χ0n) is 19.0. The highest BCUT2D eigenvalue weighted by Gasteiger charge is 2.23. The van der Waals surface area contributed by atoms with Crippen molar-refractivity contribution in [3.05, 3.63) is 58.4 Å². The summed E-state index contributed by atoms with van der Waals surface area (Å²) < 4.78 is 25.3. The number of nitrogens with one attached hydrogen (secondary N) is 1. The van der Waals surface area contributed by atoms with Gasteiger partial charge in [-0.3, -0.25) is 4.79 Å². The van der Waals surface area contributed by atoms with E-state index in [9.17, 15) is 9.18 Å². The summed E-state index contributed by atoms with van der Waals surface area (Å²) in [7, 11) is 0. The molecule has 0 fully saturated rings. The number of benzene rings is 2. The maximum atomic E-state index is 13.8. The fourth-order valence-electron chi connectivity index (χ4n) is 3.73. The Labute approximate surface area is 194 Å². The van der Waals surface area contributed by atoms with Gasteiger partial charge in [0.15, 0.2) is 11.5 Å². The Morgan fingerprint density at radius 2 is 1.94 bits per heavy atom. The molecule has 3 rings (SSSR count). The summed E-state index contributed by atoms with van der Waals surface area (Å²) in [5.41, 5.74) is 1.49. The monoisotopic (exact) mass is 462 g/mol. The van der Waals surface area contributed by atoms with Crippen LogP contribution >= 0.6 is 11.6 Å². The Morgan fingerprint density at radius 3 is 2.69 bits per heavy atom. The molecular formula is C25H32ClFN2O3. The second-order valence-electron chi connectivity index (χ2n) is 8.69. The molecule has 1 aliphatic heterocycles. The first-order valence-electron chi connectivity index (χ1n) is 11.2. The van der Waals surface area contributed by atoms with Crippen LogP contribution in [0.15, 0.2) is 36.4 Å². The Morgan fingerprint density at radius 1 is 1.19 bits per heavy atom. The number of carbonyl (C=O) groups excluding carboxylic acids is 1. The minimum absolute atomic E-state index is 0.0444. The Kier molecular flexibility index (Phi) is 8.76. The highest BCUT2D eigenvalue weighted by Crippen LogP contribution is 2.38. The molecule has 2 aromatic rings. The molecule has 1 unspecified atom stereocenters. The summed E-state index contributed by atoms with van der Waals surface area (Å²) in [6, 6.07) is 10.4. The molecule has 1 amide bonds. The van der Waals surface area contributed by atoms with Gasteiger partial charge in [0.1, 0.15) is 5.82 Å². The van der Waals surface area contributed by atoms with Crippen LogP contribution in [0, 0.1) is 17.7 Å². The largest absolute Gasteiger partial charge is 0.489 e. The van der Waals surface area contributed by atoms with Gasteiger partial charge < -0.3 is 19.7 Å². The lowest BCUT2D eigenvalue weighted by atomic mass is 10.1. The molecule has 5 nitrogen and oxygen atoms in total. The molecule has 2 aromatic carbocycles. The SMILES string of the molecule is CC(C)CN(Cc1cc(Cl)c2c(c1)OCCCO2)C(=O)C(C)CNCc1ccccc1F. The molecule has 7 heteroatoms. The molecule has 0 bridgehead atoms. The quantitative estimate of drug-likeness (QED) is 0.566. The van der Waals surface area contributed by atoms with Crippen molar-refractivity contribution in [2.24, 2.45) is 11.8 Å². The minimum Gasteiger partial charge on any atom is -0.489 e. The van der Waals surface area contributed by atoms with E-state index in [2.05, 4.69) is 19.2 Å². The van der Waals surface area contributed by atoms with Crippen LogP contribution < -0.4 is 14.8 Å². The van der Waals surface area contributed by atoms with Crippen molar-refractivity contribution in [3.8, 4) is 11.5 Å². The van der Waals surface area contributed by atoms with Gasteiger partial charge in [-0.15, -0.1) is 0 Å². The van der Waals surface area contributed by atoms with Gasteiger partial charge in [0, 0.05) is 44.1 Å². The third kappa shape index (κ3) is 6.59. The van der Waals surface area contributed by atoms with Gasteiger partial charge in [-0.05, 0) is 29.7 Å². The Bertz CT molecular complexity index is 922. The fourth-order valence-corrected chi connectivity index (χ4v) is 4.02. The molecule has 1 aliphatic rings. The van der Waals surface area contributed by atoms with Crippen molar-refractivity contribution in [2.75, 3.05) is 26.3 Å². The standard InChI is InChI=1S/C25H32ClFN2O3/c1-17(2)15-29(16-19-11-21(26)24-23(12-19)31-9-6-10-32-24)25(30)18(3)13-28-14-20-7-4-5-8-22(20)27/h4-5,7-8,11-12,17-18,28H,6,9-10,13-16H2,1-3H3. The molecule has 0 aliphatic carbocycles. The minimum atomic E-state index is -0.253. The normalized spacial score (nSPS) is 14.2. The van der Waals surface area contributed by atoms with E-state index in [-0.39, 0.29) is 17.6 Å². The van der Waals surface area contributed by atoms with Gasteiger partial charge in [-0.25, -0.2) is 4.39 Å². The van der Waals surface area contributed by atoms with Gasteiger partial charge in [-0.2, -0.15) is 0 Å². The zero-order chi connectivity index (χ0) is 23.1. The van der Waals surface area contributed by atoms with Crippen molar-refractivity contribution < 1.29 is 18.7 Å². The molecular weight excluding hydrogens is 431 g/mol. The second kappa shape index (κ2) is 11.5. The lowest BCUT2D eigenvalue weighted by molar-refractivity contribution is -0.136. The molecule has 1 atom stereocenters. The predicted molar refractivity (Wildman–Crippen MR) is 125 cm³/mol. The highest BCUT2D eigenvalue weighted by atomic mass is 35.5. The summed E-state index contributed by atoms with van der Waals surface area (Å²) in [6.45, 7) is 9.12. The maximum absolute atomic E-state index is 13.8. The summed E-state index contributed by atoms with van der Waals surface area (Å²) in [5, 5.41) is 3.70. The van der Waals surface area contributed by atoms with E-state index < -0.39 is 0 Å². The second-order valence-corrected chi connectivity index (χ2v) is 9.10. The number of ether oxygens (including phenoxy) is 2. The lowest BCUT2D eigenvalue weighted by Crippen LogP contribution is -2.40. The molecule has 1 N–H and O–H groups in total. The van der Waals surface area contributed by atoms with Gasteiger partial charge in [0.2, 0.25) is 5.91 Å². The van der Waals surface area contributed by atoms with Crippen LogP contribution in [-0.4, -0.2) is 37.1 Å². The Hall–Kier alpha value is -2.31. The first kappa shape index (κ1) is 24.3. The van der Waals surface area contributed by atoms with Crippen molar-refractivity contribution in [3.63, 3.8) is 0 Å². The zero-order valence-corrected chi connectivity index (χ0v) is 19.8. The van der Waals surface area contributed by atoms with E-state index in [0.717, 1.165) is 12.0 Å². The van der Waals surface area contributed by atoms with E-state index >= 15 is 0 Å². The topological polar surface area (TPSA) is 50.8 Å². The van der Waals surface area contributed by atoms with Crippen LogP contribution in [0.25, 0.3) is 0 Å². The molecule has 0 aromatic heterocycles. The van der Waals surface area contributed by atoms with E-state index in [4.69, 9.17) is 21.1 Å². The van der Waals surface area contributed by atoms with Crippen molar-refractivity contribution in [1.29, 1.82) is 0 Å². The first-order valence-corrected chi connectivity index (χ1v) is 11.5. The van der Waals surface area contributed by atoms with Crippen molar-refractivity contribution in [2.45, 2.75) is 40.3 Å². The molecule has 0 radical (unpaired) electrons. The number of fused-ring (bicyclic) bond motifs is 1. The Balaban J connectivity index is 1.66. The van der Waals surface area contributed by atoms with Gasteiger partial charge in [0.05, 0.1) is 18.2 Å². The van der Waals surface area contributed by atoms with E-state index in [1.807, 2.05) is 24.0 Å². The average Bonchev–Trinajstić information content (AvgIpc) is 2.99. The van der Waals surface area contributed by atoms with Gasteiger partial charge >= 0.3 is 0 Å². The molecule has 0 saturated heterocycles. The first-order chi connectivity index (χ1) is 15.3. The third-order valence-corrected chi connectivity index (χ3v) is 5.56. The number of amides is 1. The third-order valence-electron chi connectivity index (χ3n) is 5.28. The number of rotatable bonds is 9. The van der Waals surface area contributed by atoms with Crippen LogP contribution in [0.4, 0.5) is 4.39 Å². The van der Waals surface area contributed by atoms with Crippen LogP contribution in [-0.2, 0) is 17.9 Å². The smallest absolute Gasteiger partial charge is 0.226 e. The van der Waals surface area contributed by atoms with Gasteiger partial charge in [-0.1, -0.05) is 50.6 Å². The summed E-state index contributed by atoms with van der Waals surface area (Å²) in [5.74, 6) is 1.06. The van der Waals surface area contributed by atoms with Crippen molar-refractivity contribution in [1.82, 2.24) is 10.2 Å². The average molecular weight is 463 g/mol. The van der Waals surface area contributed by atoms with E-state index in [0.29, 0.717) is 67.4 Å². The summed E-state index contributed by atoms with van der Waals surface area (Å²) in [4.78, 5) is 15.1. The maximum Gasteiger partial charge on any atom is 0.226 e. The van der Waals surface area contributed by atoms with E-state index in [1.165, 1.54) is 6.07 Å². The van der Waals surface area contributed by atoms with Crippen LogP contribution in [0.1, 0.15) is 38.3 Å².